The second-order valence-corrected chi connectivity index (χ2v) is 8.23. The van der Waals surface area contributed by atoms with Crippen molar-refractivity contribution in [3.8, 4) is 0 Å². The molecule has 1 aliphatic rings. The molecular formula is C20H25NO3S. The summed E-state index contributed by atoms with van der Waals surface area (Å²) < 4.78 is 11.5. The third-order valence-electron chi connectivity index (χ3n) is 4.43. The van der Waals surface area contributed by atoms with Crippen molar-refractivity contribution in [2.24, 2.45) is 5.92 Å². The highest BCUT2D eigenvalue weighted by Crippen LogP contribution is 2.22. The van der Waals surface area contributed by atoms with Crippen LogP contribution in [0.3, 0.4) is 0 Å². The summed E-state index contributed by atoms with van der Waals surface area (Å²) in [4.78, 5) is 23.9. The normalized spacial score (nSPS) is 20.7. The highest BCUT2D eigenvalue weighted by Gasteiger charge is 2.23. The van der Waals surface area contributed by atoms with E-state index >= 15 is 0 Å². The zero-order chi connectivity index (χ0) is 18.2. The highest BCUT2D eigenvalue weighted by atomic mass is 32.2. The number of carbonyl (C=O) groups is 2. The molecule has 1 aromatic carbocycles. The Balaban J connectivity index is 2.19. The molecule has 0 aliphatic carbocycles. The molecule has 4 nitrogen and oxygen atoms in total. The van der Waals surface area contributed by atoms with Crippen LogP contribution in [0.2, 0.25) is 0 Å². The number of hydrogen-bond donors (Lipinski definition) is 0. The number of aldehydes is 2. The monoisotopic (exact) mass is 359 g/mol. The molecule has 1 saturated heterocycles. The molecule has 0 N–H and O–H groups in total. The molecule has 0 aromatic heterocycles. The maximum Gasteiger partial charge on any atom is 0.154 e. The fourth-order valence-electron chi connectivity index (χ4n) is 2.89. The number of nitrogens with zero attached hydrogens (tertiary/aromatic N) is 1. The van der Waals surface area contributed by atoms with E-state index in [1.807, 2.05) is 24.9 Å². The lowest BCUT2D eigenvalue weighted by Gasteiger charge is -2.28. The van der Waals surface area contributed by atoms with Gasteiger partial charge in [0.15, 0.2) is 12.6 Å². The summed E-state index contributed by atoms with van der Waals surface area (Å²) in [6.07, 6.45) is 6.54. The van der Waals surface area contributed by atoms with Gasteiger partial charge < -0.3 is 9.45 Å². The van der Waals surface area contributed by atoms with Gasteiger partial charge in [-0.25, -0.2) is 0 Å². The van der Waals surface area contributed by atoms with Crippen molar-refractivity contribution >= 4 is 29.3 Å². The largest absolute Gasteiger partial charge is 0.616 e. The lowest BCUT2D eigenvalue weighted by Crippen LogP contribution is -2.30. The van der Waals surface area contributed by atoms with Crippen LogP contribution in [-0.4, -0.2) is 40.1 Å². The van der Waals surface area contributed by atoms with E-state index in [0.717, 1.165) is 35.5 Å². The van der Waals surface area contributed by atoms with E-state index in [0.29, 0.717) is 25.0 Å². The average molecular weight is 359 g/mol. The van der Waals surface area contributed by atoms with Gasteiger partial charge in [-0.1, -0.05) is 41.0 Å². The number of aryl methyl sites for hydroxylation is 1. The lowest BCUT2D eigenvalue weighted by molar-refractivity contribution is -0.109. The lowest BCUT2D eigenvalue weighted by atomic mass is 10.0. The molecule has 0 atom stereocenters. The molecule has 0 saturated carbocycles. The molecule has 0 radical (unpaired) electrons. The average Bonchev–Trinajstić information content (AvgIpc) is 2.61. The van der Waals surface area contributed by atoms with Crippen LogP contribution in [-0.2, 0) is 20.8 Å². The minimum absolute atomic E-state index is 0.118. The van der Waals surface area contributed by atoms with Crippen LogP contribution < -0.4 is 0 Å². The third-order valence-corrected chi connectivity index (χ3v) is 5.81. The van der Waals surface area contributed by atoms with E-state index in [9.17, 15) is 14.1 Å². The van der Waals surface area contributed by atoms with Crippen molar-refractivity contribution in [3.63, 3.8) is 0 Å². The van der Waals surface area contributed by atoms with Gasteiger partial charge in [-0.05, 0) is 43.7 Å². The second-order valence-electron chi connectivity index (χ2n) is 6.53. The minimum Gasteiger partial charge on any atom is -0.616 e. The summed E-state index contributed by atoms with van der Waals surface area (Å²) in [5, 5.41) is 0. The number of allylic oxidation sites excluding steroid dienone is 2. The van der Waals surface area contributed by atoms with Crippen LogP contribution in [0.15, 0.2) is 42.2 Å². The summed E-state index contributed by atoms with van der Waals surface area (Å²) in [5.74, 6) is 1.88. The Kier molecular flexibility index (Phi) is 7.47. The van der Waals surface area contributed by atoms with Crippen molar-refractivity contribution in [2.45, 2.75) is 26.7 Å². The maximum absolute atomic E-state index is 11.5. The van der Waals surface area contributed by atoms with Crippen LogP contribution in [0.1, 0.15) is 30.9 Å². The number of rotatable bonds is 7. The Morgan fingerprint density at radius 2 is 1.76 bits per heavy atom. The van der Waals surface area contributed by atoms with Crippen molar-refractivity contribution in [2.75, 3.05) is 18.1 Å². The maximum atomic E-state index is 11.5. The number of carbonyl (C=O) groups excluding carboxylic acids is 2. The fourth-order valence-corrected chi connectivity index (χ4v) is 4.28. The third kappa shape index (κ3) is 6.18. The topological polar surface area (TPSA) is 60.4 Å². The minimum atomic E-state index is -0.694. The zero-order valence-corrected chi connectivity index (χ0v) is 15.6. The number of benzene rings is 1. The van der Waals surface area contributed by atoms with Crippen LogP contribution >= 0.6 is 0 Å². The van der Waals surface area contributed by atoms with E-state index in [1.54, 1.807) is 6.20 Å². The van der Waals surface area contributed by atoms with Gasteiger partial charge in [0.05, 0.1) is 5.57 Å². The Morgan fingerprint density at radius 3 is 2.32 bits per heavy atom. The molecule has 0 unspecified atom stereocenters. The van der Waals surface area contributed by atoms with Gasteiger partial charge in [-0.2, -0.15) is 0 Å². The van der Waals surface area contributed by atoms with E-state index < -0.39 is 11.2 Å². The predicted octanol–water partition coefficient (Wildman–Crippen LogP) is 3.10. The summed E-state index contributed by atoms with van der Waals surface area (Å²) in [5.41, 5.74) is 3.49. The first-order chi connectivity index (χ1) is 12.0. The Morgan fingerprint density at radius 1 is 1.16 bits per heavy atom. The van der Waals surface area contributed by atoms with Gasteiger partial charge in [-0.15, -0.1) is 0 Å². The van der Waals surface area contributed by atoms with Gasteiger partial charge in [0.25, 0.3) is 0 Å². The first-order valence-electron chi connectivity index (χ1n) is 8.50. The molecule has 134 valence electrons. The van der Waals surface area contributed by atoms with E-state index in [4.69, 9.17) is 0 Å². The molecule has 0 amide bonds. The molecule has 1 aliphatic heterocycles. The Bertz CT molecular complexity index is 633. The first-order valence-corrected chi connectivity index (χ1v) is 9.99. The molecule has 2 rings (SSSR count). The van der Waals surface area contributed by atoms with Gasteiger partial charge in [0.2, 0.25) is 0 Å². The zero-order valence-electron chi connectivity index (χ0n) is 14.8. The smallest absolute Gasteiger partial charge is 0.154 e. The highest BCUT2D eigenvalue weighted by molar-refractivity contribution is 7.91. The van der Waals surface area contributed by atoms with Gasteiger partial charge in [-0.3, -0.25) is 9.59 Å². The van der Waals surface area contributed by atoms with E-state index in [2.05, 4.69) is 24.3 Å². The Labute approximate surface area is 152 Å². The molecule has 1 fully saturated rings. The van der Waals surface area contributed by atoms with Crippen molar-refractivity contribution < 1.29 is 14.1 Å². The standard InChI is InChI=1S/C20H25NO3S/c1-16-3-5-20(6-4-16)17(2)11-21(13-19(14-22)15-23)12-18-7-9-25(24)10-8-18/h3-6,11,13-15,18H,7-10,12H2,1-2H3/b17-11+. The SMILES string of the molecule is C/C(=C\N(C=C(C=O)C=O)CC1CC[S+]([O-])CC1)c1ccc(C)cc1. The van der Waals surface area contributed by atoms with Crippen molar-refractivity contribution in [3.05, 3.63) is 53.4 Å². The molecule has 1 heterocycles. The van der Waals surface area contributed by atoms with Crippen LogP contribution in [0.25, 0.3) is 5.57 Å². The molecule has 5 heteroatoms. The van der Waals surface area contributed by atoms with Crippen LogP contribution in [0.5, 0.6) is 0 Å². The predicted molar refractivity (Wildman–Crippen MR) is 102 cm³/mol. The van der Waals surface area contributed by atoms with Gasteiger partial charge >= 0.3 is 0 Å². The van der Waals surface area contributed by atoms with Gasteiger partial charge in [0, 0.05) is 18.9 Å². The van der Waals surface area contributed by atoms with E-state index in [-0.39, 0.29) is 5.57 Å². The first kappa shape index (κ1) is 19.5. The number of hydrogen-bond acceptors (Lipinski definition) is 4. The Hall–Kier alpha value is -1.85. The quantitative estimate of drug-likeness (QED) is 0.247. The molecule has 0 spiro atoms. The van der Waals surface area contributed by atoms with Crippen molar-refractivity contribution in [1.29, 1.82) is 0 Å². The van der Waals surface area contributed by atoms with Crippen LogP contribution in [0, 0.1) is 12.8 Å². The van der Waals surface area contributed by atoms with E-state index in [1.165, 1.54) is 5.56 Å². The molecular weight excluding hydrogens is 334 g/mol. The molecule has 0 bridgehead atoms. The van der Waals surface area contributed by atoms with Gasteiger partial charge in [0.1, 0.15) is 11.5 Å². The molecule has 25 heavy (non-hydrogen) atoms. The summed E-state index contributed by atoms with van der Waals surface area (Å²) in [6, 6.07) is 8.25. The summed E-state index contributed by atoms with van der Waals surface area (Å²) in [7, 11) is 0. The molecule has 1 aromatic rings. The summed E-state index contributed by atoms with van der Waals surface area (Å²) in [6.45, 7) is 4.78. The van der Waals surface area contributed by atoms with Crippen molar-refractivity contribution in [1.82, 2.24) is 4.90 Å². The summed E-state index contributed by atoms with van der Waals surface area (Å²) >= 11 is -0.694. The second kappa shape index (κ2) is 9.59. The fraction of sp³-hybridized carbons (Fsp3) is 0.400. The van der Waals surface area contributed by atoms with Crippen LogP contribution in [0.4, 0.5) is 0 Å².